The topological polar surface area (TPSA) is 162 Å². The van der Waals surface area contributed by atoms with Crippen molar-refractivity contribution < 1.29 is 35.9 Å². The fourth-order valence-electron chi connectivity index (χ4n) is 2.81. The van der Waals surface area contributed by atoms with Crippen molar-refractivity contribution >= 4 is 54.1 Å². The molecule has 44 heavy (non-hydrogen) atoms. The average molecular weight is 705 g/mol. The Bertz CT molecular complexity index is 1260. The van der Waals surface area contributed by atoms with Gasteiger partial charge in [0.1, 0.15) is 11.1 Å². The Morgan fingerprint density at radius 2 is 1.11 bits per heavy atom. The standard InChI is InChI=1S/C11H15NO4S.C6H5ClO2S.C6H15N.C5H11NO2.CH4.ClH/c1-11(2,10(13)16-3)12-17(14,15)9-7-5-4-6-8-9;7-10(8,9)6-4-2-1-3-5-6;1-4-7(5-2)6-3;1-5(2,6)4(7)8-3;;/h4-8,12H,1-3H3;1-5H;4-6H2,1-3H3;6H2,1-3H3;1H4;1H. The summed E-state index contributed by atoms with van der Waals surface area (Å²) < 4.78 is 56.3. The van der Waals surface area contributed by atoms with Crippen LogP contribution in [0.25, 0.3) is 0 Å². The fraction of sp³-hybridized carbons (Fsp3) is 0.517. The molecule has 0 bridgehead atoms. The van der Waals surface area contributed by atoms with Crippen molar-refractivity contribution in [2.24, 2.45) is 5.73 Å². The second-order valence-corrected chi connectivity index (χ2v) is 13.9. The van der Waals surface area contributed by atoms with Gasteiger partial charge in [-0.25, -0.2) is 16.8 Å². The number of ether oxygens (including phenoxy) is 2. The highest BCUT2D eigenvalue weighted by Gasteiger charge is 2.34. The van der Waals surface area contributed by atoms with E-state index in [0.29, 0.717) is 0 Å². The molecule has 0 heterocycles. The van der Waals surface area contributed by atoms with E-state index in [9.17, 15) is 26.4 Å². The summed E-state index contributed by atoms with van der Waals surface area (Å²) in [6, 6.07) is 15.7. The molecule has 2 aromatic rings. The van der Waals surface area contributed by atoms with Gasteiger partial charge in [0.2, 0.25) is 10.0 Å². The largest absolute Gasteiger partial charge is 0.468 e. The normalized spacial score (nSPS) is 10.9. The number of halogens is 2. The van der Waals surface area contributed by atoms with E-state index in [2.05, 4.69) is 39.9 Å². The molecule has 2 rings (SSSR count). The first-order chi connectivity index (χ1) is 19.2. The third-order valence-corrected chi connectivity index (χ3v) is 8.26. The van der Waals surface area contributed by atoms with Crippen molar-refractivity contribution in [3.8, 4) is 0 Å². The Hall–Kier alpha value is -2.26. The number of hydrogen-bond donors (Lipinski definition) is 2. The summed E-state index contributed by atoms with van der Waals surface area (Å²) in [4.78, 5) is 24.5. The third-order valence-electron chi connectivity index (χ3n) is 5.22. The molecule has 15 heteroatoms. The van der Waals surface area contributed by atoms with Crippen LogP contribution < -0.4 is 10.5 Å². The van der Waals surface area contributed by atoms with Gasteiger partial charge in [0.15, 0.2) is 0 Å². The van der Waals surface area contributed by atoms with Crippen LogP contribution in [-0.4, -0.2) is 78.6 Å². The number of carbonyl (C=O) groups is 2. The quantitative estimate of drug-likeness (QED) is 0.273. The van der Waals surface area contributed by atoms with Crippen LogP contribution in [0.3, 0.4) is 0 Å². The minimum atomic E-state index is -3.72. The molecule has 0 atom stereocenters. The highest BCUT2D eigenvalue weighted by atomic mass is 35.7. The van der Waals surface area contributed by atoms with E-state index in [1.165, 1.54) is 72.0 Å². The third kappa shape index (κ3) is 20.7. The summed E-state index contributed by atoms with van der Waals surface area (Å²) in [5.41, 5.74) is 3.16. The number of benzene rings is 2. The van der Waals surface area contributed by atoms with Gasteiger partial charge in [-0.15, -0.1) is 12.4 Å². The molecule has 0 amide bonds. The molecule has 0 spiro atoms. The van der Waals surface area contributed by atoms with Gasteiger partial charge >= 0.3 is 11.9 Å². The van der Waals surface area contributed by atoms with E-state index in [0.717, 1.165) is 0 Å². The van der Waals surface area contributed by atoms with Gasteiger partial charge in [0.25, 0.3) is 9.05 Å². The van der Waals surface area contributed by atoms with Crippen LogP contribution in [0.4, 0.5) is 0 Å². The van der Waals surface area contributed by atoms with Crippen molar-refractivity contribution in [1.82, 2.24) is 9.62 Å². The molecule has 0 aliphatic carbocycles. The van der Waals surface area contributed by atoms with Gasteiger partial charge < -0.3 is 20.1 Å². The number of carbonyl (C=O) groups excluding carboxylic acids is 2. The minimum absolute atomic E-state index is 0. The van der Waals surface area contributed by atoms with Gasteiger partial charge in [-0.1, -0.05) is 64.6 Å². The zero-order valence-corrected chi connectivity index (χ0v) is 29.5. The van der Waals surface area contributed by atoms with Gasteiger partial charge in [0.05, 0.1) is 24.0 Å². The van der Waals surface area contributed by atoms with Crippen LogP contribution in [0.15, 0.2) is 70.5 Å². The molecule has 0 aliphatic rings. The van der Waals surface area contributed by atoms with Gasteiger partial charge in [-0.05, 0) is 71.6 Å². The van der Waals surface area contributed by atoms with Crippen molar-refractivity contribution in [3.63, 3.8) is 0 Å². The molecular formula is C29H51Cl2N3O8S2. The lowest BCUT2D eigenvalue weighted by molar-refractivity contribution is -0.146. The SMILES string of the molecule is C.CCN(CC)CC.COC(=O)C(C)(C)N.COC(=O)C(C)(C)NS(=O)(=O)c1ccccc1.Cl.O=S(=O)(Cl)c1ccccc1. The van der Waals surface area contributed by atoms with E-state index in [4.69, 9.17) is 16.4 Å². The van der Waals surface area contributed by atoms with Crippen LogP contribution >= 0.6 is 23.1 Å². The second-order valence-electron chi connectivity index (χ2n) is 9.62. The Kier molecular flexibility index (Phi) is 25.6. The summed E-state index contributed by atoms with van der Waals surface area (Å²) in [7, 11) is 0.302. The number of hydrogen-bond acceptors (Lipinski definition) is 10. The van der Waals surface area contributed by atoms with Crippen LogP contribution in [0.1, 0.15) is 55.9 Å². The Morgan fingerprint density at radius 1 is 0.773 bits per heavy atom. The first kappa shape index (κ1) is 48.6. The summed E-state index contributed by atoms with van der Waals surface area (Å²) in [5.74, 6) is -1.03. The van der Waals surface area contributed by atoms with Crippen LogP contribution in [-0.2, 0) is 38.1 Å². The van der Waals surface area contributed by atoms with Gasteiger partial charge in [-0.2, -0.15) is 4.72 Å². The van der Waals surface area contributed by atoms with Crippen molar-refractivity contribution in [1.29, 1.82) is 0 Å². The molecule has 0 unspecified atom stereocenters. The van der Waals surface area contributed by atoms with Crippen LogP contribution in [0.5, 0.6) is 0 Å². The molecule has 0 aromatic heterocycles. The molecule has 0 radical (unpaired) electrons. The first-order valence-electron chi connectivity index (χ1n) is 13.0. The monoisotopic (exact) mass is 703 g/mol. The van der Waals surface area contributed by atoms with E-state index in [-0.39, 0.29) is 29.6 Å². The smallest absolute Gasteiger partial charge is 0.326 e. The maximum Gasteiger partial charge on any atom is 0.326 e. The van der Waals surface area contributed by atoms with E-state index < -0.39 is 42.1 Å². The maximum absolute atomic E-state index is 11.9. The Morgan fingerprint density at radius 3 is 1.32 bits per heavy atom. The Labute approximate surface area is 275 Å². The molecule has 0 fully saturated rings. The molecule has 11 nitrogen and oxygen atoms in total. The molecular weight excluding hydrogens is 653 g/mol. The number of nitrogens with one attached hydrogen (secondary N) is 1. The molecule has 2 aromatic carbocycles. The maximum atomic E-state index is 11.9. The molecule has 3 N–H and O–H groups in total. The first-order valence-corrected chi connectivity index (χ1v) is 16.8. The summed E-state index contributed by atoms with van der Waals surface area (Å²) >= 11 is 0. The summed E-state index contributed by atoms with van der Waals surface area (Å²) in [6.45, 7) is 16.2. The number of nitrogens with zero attached hydrogens (tertiary/aromatic N) is 1. The summed E-state index contributed by atoms with van der Waals surface area (Å²) in [6.07, 6.45) is 0. The van der Waals surface area contributed by atoms with Crippen molar-refractivity contribution in [2.75, 3.05) is 33.9 Å². The number of nitrogens with two attached hydrogens (primary N) is 1. The number of rotatable bonds is 9. The lowest BCUT2D eigenvalue weighted by atomic mass is 10.1. The highest BCUT2D eigenvalue weighted by Crippen LogP contribution is 2.14. The lowest BCUT2D eigenvalue weighted by Crippen LogP contribution is -2.50. The van der Waals surface area contributed by atoms with E-state index in [1.807, 2.05) is 0 Å². The lowest BCUT2D eigenvalue weighted by Gasteiger charge is -2.22. The van der Waals surface area contributed by atoms with Crippen LogP contribution in [0.2, 0.25) is 0 Å². The number of methoxy groups -OCH3 is 2. The summed E-state index contributed by atoms with van der Waals surface area (Å²) in [5, 5.41) is 0. The number of sulfonamides is 1. The average Bonchev–Trinajstić information content (AvgIpc) is 2.93. The molecule has 0 saturated carbocycles. The highest BCUT2D eigenvalue weighted by molar-refractivity contribution is 8.13. The zero-order valence-electron chi connectivity index (χ0n) is 26.3. The van der Waals surface area contributed by atoms with E-state index in [1.54, 1.807) is 50.2 Å². The molecule has 0 aliphatic heterocycles. The zero-order chi connectivity index (χ0) is 33.2. The minimum Gasteiger partial charge on any atom is -0.468 e. The van der Waals surface area contributed by atoms with Crippen LogP contribution in [0, 0.1) is 0 Å². The van der Waals surface area contributed by atoms with Gasteiger partial charge in [-0.3, -0.25) is 9.59 Å². The van der Waals surface area contributed by atoms with Crippen molar-refractivity contribution in [3.05, 3.63) is 60.7 Å². The number of esters is 2. The fourth-order valence-corrected chi connectivity index (χ4v) is 4.99. The van der Waals surface area contributed by atoms with Crippen molar-refractivity contribution in [2.45, 2.75) is 76.8 Å². The molecule has 0 saturated heterocycles. The second kappa shape index (κ2) is 23.1. The van der Waals surface area contributed by atoms with Gasteiger partial charge in [0, 0.05) is 10.7 Å². The molecule has 256 valence electrons. The van der Waals surface area contributed by atoms with E-state index >= 15 is 0 Å². The predicted molar refractivity (Wildman–Crippen MR) is 180 cm³/mol. The Balaban J connectivity index is -0.000000256. The predicted octanol–water partition coefficient (Wildman–Crippen LogP) is 4.83.